The van der Waals surface area contributed by atoms with E-state index in [1.54, 1.807) is 11.0 Å². The van der Waals surface area contributed by atoms with Gasteiger partial charge in [0.05, 0.1) is 11.6 Å². The SMILES string of the molecule is CC(=O)N1CCC(C(=O)OCc2cc(=O)n3c(C)cccc3n2)CC1. The molecule has 3 heterocycles. The molecule has 0 unspecified atom stereocenters. The van der Waals surface area contributed by atoms with Crippen molar-refractivity contribution >= 4 is 17.5 Å². The highest BCUT2D eigenvalue weighted by atomic mass is 16.5. The number of fused-ring (bicyclic) bond motifs is 1. The Morgan fingerprint density at radius 3 is 2.68 bits per heavy atom. The number of hydrogen-bond acceptors (Lipinski definition) is 5. The molecule has 0 spiro atoms. The number of carbonyl (C=O) groups excluding carboxylic acids is 2. The highest BCUT2D eigenvalue weighted by Gasteiger charge is 2.27. The fourth-order valence-corrected chi connectivity index (χ4v) is 3.13. The Balaban J connectivity index is 1.64. The molecule has 1 saturated heterocycles. The van der Waals surface area contributed by atoms with Crippen LogP contribution in [0.2, 0.25) is 0 Å². The maximum absolute atomic E-state index is 12.2. The lowest BCUT2D eigenvalue weighted by Gasteiger charge is -2.30. The van der Waals surface area contributed by atoms with Crippen LogP contribution in [-0.4, -0.2) is 39.3 Å². The van der Waals surface area contributed by atoms with Crippen LogP contribution in [0.15, 0.2) is 29.1 Å². The molecule has 7 nitrogen and oxygen atoms in total. The highest BCUT2D eigenvalue weighted by Crippen LogP contribution is 2.19. The van der Waals surface area contributed by atoms with E-state index in [9.17, 15) is 14.4 Å². The first-order chi connectivity index (χ1) is 12.0. The standard InChI is InChI=1S/C18H21N3O4/c1-12-4-3-5-16-19-15(10-17(23)21(12)16)11-25-18(24)14-6-8-20(9-7-14)13(2)22/h3-5,10,14H,6-9,11H2,1-2H3. The van der Waals surface area contributed by atoms with E-state index in [0.717, 1.165) is 5.69 Å². The lowest BCUT2D eigenvalue weighted by Crippen LogP contribution is -2.39. The Morgan fingerprint density at radius 2 is 2.00 bits per heavy atom. The number of piperidine rings is 1. The predicted molar refractivity (Wildman–Crippen MR) is 91.0 cm³/mol. The van der Waals surface area contributed by atoms with Crippen molar-refractivity contribution in [2.45, 2.75) is 33.3 Å². The molecule has 0 atom stereocenters. The smallest absolute Gasteiger partial charge is 0.309 e. The van der Waals surface area contributed by atoms with E-state index in [1.165, 1.54) is 17.4 Å². The summed E-state index contributed by atoms with van der Waals surface area (Å²) in [5.74, 6) is -0.475. The van der Waals surface area contributed by atoms with Crippen LogP contribution >= 0.6 is 0 Å². The quantitative estimate of drug-likeness (QED) is 0.785. The van der Waals surface area contributed by atoms with E-state index in [0.29, 0.717) is 37.3 Å². The molecule has 0 N–H and O–H groups in total. The predicted octanol–water partition coefficient (Wildman–Crippen LogP) is 1.30. The summed E-state index contributed by atoms with van der Waals surface area (Å²) in [5, 5.41) is 0. The van der Waals surface area contributed by atoms with Crippen molar-refractivity contribution in [2.24, 2.45) is 5.92 Å². The Hall–Kier alpha value is -2.70. The number of hydrogen-bond donors (Lipinski definition) is 0. The summed E-state index contributed by atoms with van der Waals surface area (Å²) < 4.78 is 6.86. The normalized spacial score (nSPS) is 15.4. The summed E-state index contributed by atoms with van der Waals surface area (Å²) in [4.78, 5) is 41.9. The summed E-state index contributed by atoms with van der Waals surface area (Å²) in [6.07, 6.45) is 1.21. The van der Waals surface area contributed by atoms with Gasteiger partial charge in [0.1, 0.15) is 12.3 Å². The van der Waals surface area contributed by atoms with E-state index in [1.807, 2.05) is 19.1 Å². The van der Waals surface area contributed by atoms with Gasteiger partial charge < -0.3 is 9.64 Å². The van der Waals surface area contributed by atoms with Gasteiger partial charge in [0.25, 0.3) is 5.56 Å². The molecular formula is C18H21N3O4. The summed E-state index contributed by atoms with van der Waals surface area (Å²) in [5.41, 5.74) is 1.58. The van der Waals surface area contributed by atoms with Crippen molar-refractivity contribution in [3.8, 4) is 0 Å². The van der Waals surface area contributed by atoms with Gasteiger partial charge in [-0.25, -0.2) is 4.98 Å². The zero-order valence-corrected chi connectivity index (χ0v) is 14.4. The average molecular weight is 343 g/mol. The third-order valence-corrected chi connectivity index (χ3v) is 4.57. The molecule has 1 aliphatic heterocycles. The number of amides is 1. The largest absolute Gasteiger partial charge is 0.459 e. The maximum Gasteiger partial charge on any atom is 0.309 e. The number of carbonyl (C=O) groups is 2. The number of aromatic nitrogens is 2. The fourth-order valence-electron chi connectivity index (χ4n) is 3.13. The van der Waals surface area contributed by atoms with Crippen LogP contribution in [0.4, 0.5) is 0 Å². The monoisotopic (exact) mass is 343 g/mol. The first kappa shape index (κ1) is 17.1. The molecule has 7 heteroatoms. The minimum atomic E-state index is -0.297. The molecule has 0 radical (unpaired) electrons. The molecule has 1 aliphatic rings. The van der Waals surface area contributed by atoms with Crippen molar-refractivity contribution < 1.29 is 14.3 Å². The lowest BCUT2D eigenvalue weighted by atomic mass is 9.97. The van der Waals surface area contributed by atoms with E-state index in [2.05, 4.69) is 4.98 Å². The number of likely N-dealkylation sites (tertiary alicyclic amines) is 1. The first-order valence-corrected chi connectivity index (χ1v) is 8.36. The molecule has 1 amide bonds. The van der Waals surface area contributed by atoms with E-state index in [-0.39, 0.29) is 30.0 Å². The van der Waals surface area contributed by atoms with Gasteiger partial charge in [0.2, 0.25) is 5.91 Å². The molecule has 25 heavy (non-hydrogen) atoms. The third kappa shape index (κ3) is 3.70. The van der Waals surface area contributed by atoms with Gasteiger partial charge in [-0.2, -0.15) is 0 Å². The van der Waals surface area contributed by atoms with Crippen molar-refractivity contribution in [1.29, 1.82) is 0 Å². The number of rotatable bonds is 3. The first-order valence-electron chi connectivity index (χ1n) is 8.36. The molecule has 132 valence electrons. The number of nitrogens with zero attached hydrogens (tertiary/aromatic N) is 3. The maximum atomic E-state index is 12.2. The molecule has 0 aliphatic carbocycles. The second kappa shape index (κ2) is 7.04. The molecule has 2 aromatic rings. The van der Waals surface area contributed by atoms with Crippen LogP contribution < -0.4 is 5.56 Å². The molecule has 0 bridgehead atoms. The van der Waals surface area contributed by atoms with Crippen LogP contribution in [0.3, 0.4) is 0 Å². The third-order valence-electron chi connectivity index (χ3n) is 4.57. The van der Waals surface area contributed by atoms with Crippen LogP contribution in [0.1, 0.15) is 31.2 Å². The Kier molecular flexibility index (Phi) is 4.83. The molecule has 0 aromatic carbocycles. The Bertz CT molecular complexity index is 866. The fraction of sp³-hybridized carbons (Fsp3) is 0.444. The second-order valence-electron chi connectivity index (χ2n) is 6.33. The van der Waals surface area contributed by atoms with Crippen molar-refractivity contribution in [1.82, 2.24) is 14.3 Å². The van der Waals surface area contributed by atoms with E-state index in [4.69, 9.17) is 4.74 Å². The molecule has 2 aromatic heterocycles. The Morgan fingerprint density at radius 1 is 1.28 bits per heavy atom. The minimum Gasteiger partial charge on any atom is -0.459 e. The topological polar surface area (TPSA) is 81.0 Å². The van der Waals surface area contributed by atoms with E-state index < -0.39 is 0 Å². The minimum absolute atomic E-state index is 0.0224. The van der Waals surface area contributed by atoms with Crippen LogP contribution in [-0.2, 0) is 20.9 Å². The molecule has 0 saturated carbocycles. The van der Waals surface area contributed by atoms with Crippen molar-refractivity contribution in [3.05, 3.63) is 46.0 Å². The summed E-state index contributed by atoms with van der Waals surface area (Å²) >= 11 is 0. The van der Waals surface area contributed by atoms with Gasteiger partial charge in [0, 0.05) is 31.8 Å². The second-order valence-corrected chi connectivity index (χ2v) is 6.33. The Labute approximate surface area is 145 Å². The summed E-state index contributed by atoms with van der Waals surface area (Å²) in [6.45, 7) is 4.49. The van der Waals surface area contributed by atoms with Gasteiger partial charge >= 0.3 is 5.97 Å². The zero-order chi connectivity index (χ0) is 18.0. The lowest BCUT2D eigenvalue weighted by molar-refractivity contribution is -0.152. The number of aryl methyl sites for hydroxylation is 1. The van der Waals surface area contributed by atoms with Crippen molar-refractivity contribution in [2.75, 3.05) is 13.1 Å². The number of pyridine rings is 1. The molecular weight excluding hydrogens is 322 g/mol. The van der Waals surface area contributed by atoms with Gasteiger partial charge in [-0.05, 0) is 31.9 Å². The van der Waals surface area contributed by atoms with Gasteiger partial charge in [-0.3, -0.25) is 18.8 Å². The van der Waals surface area contributed by atoms with Gasteiger partial charge in [-0.15, -0.1) is 0 Å². The van der Waals surface area contributed by atoms with Gasteiger partial charge in [0.15, 0.2) is 0 Å². The number of esters is 1. The zero-order valence-electron chi connectivity index (χ0n) is 14.4. The van der Waals surface area contributed by atoms with E-state index >= 15 is 0 Å². The highest BCUT2D eigenvalue weighted by molar-refractivity contribution is 5.75. The van der Waals surface area contributed by atoms with Crippen molar-refractivity contribution in [3.63, 3.8) is 0 Å². The summed E-state index contributed by atoms with van der Waals surface area (Å²) in [7, 11) is 0. The molecule has 3 rings (SSSR count). The molecule has 1 fully saturated rings. The average Bonchev–Trinajstić information content (AvgIpc) is 2.59. The van der Waals surface area contributed by atoms with Crippen LogP contribution in [0, 0.1) is 12.8 Å². The summed E-state index contributed by atoms with van der Waals surface area (Å²) in [6, 6.07) is 6.81. The van der Waals surface area contributed by atoms with Gasteiger partial charge in [-0.1, -0.05) is 6.07 Å². The van der Waals surface area contributed by atoms with Crippen LogP contribution in [0.5, 0.6) is 0 Å². The van der Waals surface area contributed by atoms with Crippen LogP contribution in [0.25, 0.3) is 5.65 Å². The number of ether oxygens (including phenoxy) is 1.